The minimum absolute atomic E-state index is 0.224. The van der Waals surface area contributed by atoms with Crippen molar-refractivity contribution in [2.75, 3.05) is 18.5 Å². The Morgan fingerprint density at radius 2 is 1.96 bits per heavy atom. The van der Waals surface area contributed by atoms with Gasteiger partial charge >= 0.3 is 0 Å². The third kappa shape index (κ3) is 4.32. The predicted octanol–water partition coefficient (Wildman–Crippen LogP) is 4.54. The molecule has 0 unspecified atom stereocenters. The number of halogens is 1. The van der Waals surface area contributed by atoms with Crippen molar-refractivity contribution in [3.05, 3.63) is 59.5 Å². The number of nitrogens with one attached hydrogen (secondary N) is 3. The van der Waals surface area contributed by atoms with Crippen molar-refractivity contribution in [3.8, 4) is 5.75 Å². The first-order valence-corrected chi connectivity index (χ1v) is 9.02. The maximum Gasteiger partial charge on any atom is 0.170 e. The van der Waals surface area contributed by atoms with E-state index in [1.165, 1.54) is 6.07 Å². The minimum atomic E-state index is -0.224. The van der Waals surface area contributed by atoms with Crippen LogP contribution in [0.4, 0.5) is 10.1 Å². The molecule has 1 heterocycles. The summed E-state index contributed by atoms with van der Waals surface area (Å²) in [5.41, 5.74) is 4.01. The fraction of sp³-hybridized carbons (Fsp3) is 0.250. The zero-order valence-electron chi connectivity index (χ0n) is 14.9. The summed E-state index contributed by atoms with van der Waals surface area (Å²) in [6.07, 6.45) is 0.750. The highest BCUT2D eigenvalue weighted by atomic mass is 32.1. The van der Waals surface area contributed by atoms with Crippen molar-refractivity contribution in [1.82, 2.24) is 10.3 Å². The van der Waals surface area contributed by atoms with Crippen molar-refractivity contribution < 1.29 is 9.13 Å². The Labute approximate surface area is 157 Å². The number of anilines is 1. The van der Waals surface area contributed by atoms with E-state index < -0.39 is 0 Å². The third-order valence-corrected chi connectivity index (χ3v) is 4.41. The number of thiocarbonyl (C=S) groups is 1. The number of fused-ring (bicyclic) bond motifs is 1. The van der Waals surface area contributed by atoms with Crippen molar-refractivity contribution in [1.29, 1.82) is 0 Å². The topological polar surface area (TPSA) is 49.1 Å². The van der Waals surface area contributed by atoms with Gasteiger partial charge in [0.2, 0.25) is 0 Å². The number of rotatable bonds is 6. The number of aromatic amines is 1. The summed E-state index contributed by atoms with van der Waals surface area (Å²) < 4.78 is 18.9. The van der Waals surface area contributed by atoms with Gasteiger partial charge in [0, 0.05) is 28.8 Å². The molecule has 0 radical (unpaired) electrons. The molecular formula is C20H22FN3OS. The molecule has 0 aliphatic carbocycles. The number of ether oxygens (including phenoxy) is 1. The van der Waals surface area contributed by atoms with E-state index in [9.17, 15) is 4.39 Å². The standard InChI is InChI=1S/C20H22FN3OS/c1-3-25-16-7-5-15(6-8-16)24-20(26)22-11-10-17-13(2)23-19-9-4-14(21)12-18(17)19/h4-9,12,23H,3,10-11H2,1-2H3,(H2,22,24,26). The Kier molecular flexibility index (Phi) is 5.73. The lowest BCUT2D eigenvalue weighted by atomic mass is 10.1. The molecule has 2 aromatic carbocycles. The average molecular weight is 371 g/mol. The molecule has 0 amide bonds. The van der Waals surface area contributed by atoms with E-state index >= 15 is 0 Å². The van der Waals surface area contributed by atoms with E-state index in [2.05, 4.69) is 15.6 Å². The number of benzene rings is 2. The monoisotopic (exact) mass is 371 g/mol. The van der Waals surface area contributed by atoms with Crippen LogP contribution in [0.5, 0.6) is 5.75 Å². The van der Waals surface area contributed by atoms with Crippen LogP contribution in [0.1, 0.15) is 18.2 Å². The molecule has 6 heteroatoms. The van der Waals surface area contributed by atoms with E-state index in [0.29, 0.717) is 18.3 Å². The minimum Gasteiger partial charge on any atom is -0.494 e. The van der Waals surface area contributed by atoms with Crippen molar-refractivity contribution >= 4 is 33.9 Å². The van der Waals surface area contributed by atoms with E-state index in [-0.39, 0.29) is 5.82 Å². The largest absolute Gasteiger partial charge is 0.494 e. The normalized spacial score (nSPS) is 10.7. The van der Waals surface area contributed by atoms with Gasteiger partial charge in [-0.05, 0) is 80.5 Å². The molecule has 0 saturated carbocycles. The number of hydrogen-bond acceptors (Lipinski definition) is 2. The van der Waals surface area contributed by atoms with Crippen LogP contribution in [-0.2, 0) is 6.42 Å². The van der Waals surface area contributed by atoms with Gasteiger partial charge in [-0.25, -0.2) is 4.39 Å². The lowest BCUT2D eigenvalue weighted by molar-refractivity contribution is 0.340. The summed E-state index contributed by atoms with van der Waals surface area (Å²) in [5.74, 6) is 0.609. The highest BCUT2D eigenvalue weighted by molar-refractivity contribution is 7.80. The molecule has 136 valence electrons. The predicted molar refractivity (Wildman–Crippen MR) is 109 cm³/mol. The van der Waals surface area contributed by atoms with Crippen LogP contribution in [0.15, 0.2) is 42.5 Å². The molecule has 26 heavy (non-hydrogen) atoms. The molecule has 0 spiro atoms. The van der Waals surface area contributed by atoms with Crippen LogP contribution in [0.3, 0.4) is 0 Å². The Hall–Kier alpha value is -2.60. The molecule has 0 aliphatic rings. The third-order valence-electron chi connectivity index (χ3n) is 4.17. The molecule has 0 saturated heterocycles. The highest BCUT2D eigenvalue weighted by Crippen LogP contribution is 2.23. The first-order chi connectivity index (χ1) is 12.6. The quantitative estimate of drug-likeness (QED) is 0.557. The number of aromatic nitrogens is 1. The fourth-order valence-corrected chi connectivity index (χ4v) is 3.17. The Morgan fingerprint density at radius 1 is 1.19 bits per heavy atom. The second-order valence-corrected chi connectivity index (χ2v) is 6.41. The van der Waals surface area contributed by atoms with Gasteiger partial charge in [-0.1, -0.05) is 0 Å². The molecule has 0 aliphatic heterocycles. The summed E-state index contributed by atoms with van der Waals surface area (Å²) in [7, 11) is 0. The van der Waals surface area contributed by atoms with Crippen LogP contribution in [0.2, 0.25) is 0 Å². The molecule has 1 aromatic heterocycles. The van der Waals surface area contributed by atoms with Gasteiger partial charge in [-0.2, -0.15) is 0 Å². The van der Waals surface area contributed by atoms with Crippen molar-refractivity contribution in [2.45, 2.75) is 20.3 Å². The molecule has 0 atom stereocenters. The smallest absolute Gasteiger partial charge is 0.170 e. The summed E-state index contributed by atoms with van der Waals surface area (Å²) in [6.45, 7) is 5.26. The average Bonchev–Trinajstić information content (AvgIpc) is 2.92. The SMILES string of the molecule is CCOc1ccc(NC(=S)NCCc2c(C)[nH]c3ccc(F)cc23)cc1. The second kappa shape index (κ2) is 8.19. The van der Waals surface area contributed by atoms with Crippen LogP contribution in [0.25, 0.3) is 10.9 Å². The van der Waals surface area contributed by atoms with Crippen molar-refractivity contribution in [2.24, 2.45) is 0 Å². The lowest BCUT2D eigenvalue weighted by Crippen LogP contribution is -2.30. The van der Waals surface area contributed by atoms with Gasteiger partial charge in [0.25, 0.3) is 0 Å². The number of hydrogen-bond donors (Lipinski definition) is 3. The summed E-state index contributed by atoms with van der Waals surface area (Å²) >= 11 is 5.34. The maximum absolute atomic E-state index is 13.5. The van der Waals surface area contributed by atoms with Gasteiger partial charge in [0.15, 0.2) is 5.11 Å². The van der Waals surface area contributed by atoms with Gasteiger partial charge in [0.05, 0.1) is 6.61 Å². The fourth-order valence-electron chi connectivity index (χ4n) is 2.95. The first kappa shape index (κ1) is 18.2. The number of aryl methyl sites for hydroxylation is 1. The summed E-state index contributed by atoms with van der Waals surface area (Å²) in [5, 5.41) is 7.83. The molecule has 0 fully saturated rings. The molecule has 3 N–H and O–H groups in total. The molecule has 4 nitrogen and oxygen atoms in total. The maximum atomic E-state index is 13.5. The van der Waals surface area contributed by atoms with Crippen LogP contribution >= 0.6 is 12.2 Å². The summed E-state index contributed by atoms with van der Waals surface area (Å²) in [4.78, 5) is 3.29. The zero-order chi connectivity index (χ0) is 18.5. The van der Waals surface area contributed by atoms with Gasteiger partial charge in [-0.3, -0.25) is 0 Å². The van der Waals surface area contributed by atoms with Crippen LogP contribution < -0.4 is 15.4 Å². The van der Waals surface area contributed by atoms with Gasteiger partial charge < -0.3 is 20.4 Å². The molecule has 0 bridgehead atoms. The Bertz CT molecular complexity index is 905. The second-order valence-electron chi connectivity index (χ2n) is 6.01. The molecule has 3 aromatic rings. The molecular weight excluding hydrogens is 349 g/mol. The Balaban J connectivity index is 1.55. The Morgan fingerprint density at radius 3 is 2.69 bits per heavy atom. The van der Waals surface area contributed by atoms with Gasteiger partial charge in [0.1, 0.15) is 11.6 Å². The highest BCUT2D eigenvalue weighted by Gasteiger charge is 2.09. The van der Waals surface area contributed by atoms with Crippen LogP contribution in [-0.4, -0.2) is 23.2 Å². The van der Waals surface area contributed by atoms with Gasteiger partial charge in [-0.15, -0.1) is 0 Å². The van der Waals surface area contributed by atoms with E-state index in [4.69, 9.17) is 17.0 Å². The van der Waals surface area contributed by atoms with Crippen LogP contribution in [0, 0.1) is 12.7 Å². The number of H-pyrrole nitrogens is 1. The van der Waals surface area contributed by atoms with E-state index in [1.807, 2.05) is 38.1 Å². The zero-order valence-corrected chi connectivity index (χ0v) is 15.7. The molecule has 3 rings (SSSR count). The van der Waals surface area contributed by atoms with E-state index in [1.54, 1.807) is 12.1 Å². The summed E-state index contributed by atoms with van der Waals surface area (Å²) in [6, 6.07) is 12.5. The van der Waals surface area contributed by atoms with E-state index in [0.717, 1.165) is 40.0 Å². The van der Waals surface area contributed by atoms with Crippen molar-refractivity contribution in [3.63, 3.8) is 0 Å². The first-order valence-electron chi connectivity index (χ1n) is 8.61. The lowest BCUT2D eigenvalue weighted by Gasteiger charge is -2.11.